The van der Waals surface area contributed by atoms with Crippen molar-refractivity contribution in [3.05, 3.63) is 12.2 Å². The topological polar surface area (TPSA) is 38.7 Å². The molecule has 0 unspecified atom stereocenters. The van der Waals surface area contributed by atoms with Crippen LogP contribution in [0.25, 0.3) is 0 Å². The first-order valence-corrected chi connectivity index (χ1v) is 5.10. The van der Waals surface area contributed by atoms with Crippen LogP contribution in [0.1, 0.15) is 27.2 Å². The summed E-state index contributed by atoms with van der Waals surface area (Å²) in [7, 11) is 0. The minimum absolute atomic E-state index is 0.0162. The SMILES string of the molecule is C=C(C)[C@H]1C[C@@H](O)[C@@H]2OC(C)(C)O[C@@H]21. The summed E-state index contributed by atoms with van der Waals surface area (Å²) in [5.74, 6) is -0.332. The molecule has 1 aliphatic carbocycles. The summed E-state index contributed by atoms with van der Waals surface area (Å²) in [6.45, 7) is 9.68. The fourth-order valence-electron chi connectivity index (χ4n) is 2.44. The van der Waals surface area contributed by atoms with Crippen LogP contribution in [0.4, 0.5) is 0 Å². The fraction of sp³-hybridized carbons (Fsp3) is 0.818. The largest absolute Gasteiger partial charge is 0.390 e. The summed E-state index contributed by atoms with van der Waals surface area (Å²) in [4.78, 5) is 0. The van der Waals surface area contributed by atoms with Gasteiger partial charge in [0.2, 0.25) is 0 Å². The van der Waals surface area contributed by atoms with Gasteiger partial charge in [-0.2, -0.15) is 0 Å². The predicted octanol–water partition coefficient (Wildman–Crippen LogP) is 1.46. The maximum atomic E-state index is 9.80. The zero-order chi connectivity index (χ0) is 10.5. The van der Waals surface area contributed by atoms with Gasteiger partial charge in [-0.3, -0.25) is 0 Å². The highest BCUT2D eigenvalue weighted by Gasteiger charge is 2.53. The van der Waals surface area contributed by atoms with E-state index in [4.69, 9.17) is 9.47 Å². The molecule has 0 spiro atoms. The van der Waals surface area contributed by atoms with Gasteiger partial charge >= 0.3 is 0 Å². The maximum Gasteiger partial charge on any atom is 0.163 e. The minimum Gasteiger partial charge on any atom is -0.390 e. The van der Waals surface area contributed by atoms with Gasteiger partial charge in [-0.05, 0) is 27.2 Å². The van der Waals surface area contributed by atoms with Gasteiger partial charge in [0.25, 0.3) is 0 Å². The molecule has 2 aliphatic rings. The quantitative estimate of drug-likeness (QED) is 0.648. The molecular formula is C11H18O3. The number of aliphatic hydroxyl groups excluding tert-OH is 1. The van der Waals surface area contributed by atoms with E-state index in [1.54, 1.807) is 0 Å². The standard InChI is InChI=1S/C11H18O3/c1-6(2)7-5-8(12)10-9(7)13-11(3,4)14-10/h7-10,12H,1,5H2,2-4H3/t7-,8-,9-,10+/m1/s1. The smallest absolute Gasteiger partial charge is 0.163 e. The van der Waals surface area contributed by atoms with E-state index in [9.17, 15) is 5.11 Å². The van der Waals surface area contributed by atoms with E-state index < -0.39 is 11.9 Å². The van der Waals surface area contributed by atoms with E-state index in [0.717, 1.165) is 5.57 Å². The lowest BCUT2D eigenvalue weighted by Gasteiger charge is -2.22. The van der Waals surface area contributed by atoms with Crippen LogP contribution in [0.5, 0.6) is 0 Å². The van der Waals surface area contributed by atoms with Crippen LogP contribution in [0.2, 0.25) is 0 Å². The van der Waals surface area contributed by atoms with Gasteiger partial charge in [0.05, 0.1) is 12.2 Å². The molecule has 0 aromatic heterocycles. The van der Waals surface area contributed by atoms with Gasteiger partial charge in [0, 0.05) is 5.92 Å². The monoisotopic (exact) mass is 198 g/mol. The third-order valence-corrected chi connectivity index (χ3v) is 3.07. The van der Waals surface area contributed by atoms with Crippen LogP contribution in [0.15, 0.2) is 12.2 Å². The van der Waals surface area contributed by atoms with Crippen molar-refractivity contribution in [3.8, 4) is 0 Å². The summed E-state index contributed by atoms with van der Waals surface area (Å²) in [6, 6.07) is 0. The zero-order valence-electron chi connectivity index (χ0n) is 8.99. The molecule has 4 atom stereocenters. The Hall–Kier alpha value is -0.380. The Bertz CT molecular complexity index is 259. The second kappa shape index (κ2) is 3.05. The second-order valence-corrected chi connectivity index (χ2v) is 4.82. The normalized spacial score (nSPS) is 45.1. The zero-order valence-corrected chi connectivity index (χ0v) is 8.99. The first-order chi connectivity index (χ1) is 6.41. The molecule has 3 heteroatoms. The van der Waals surface area contributed by atoms with Crippen LogP contribution in [0.3, 0.4) is 0 Å². The molecule has 0 radical (unpaired) electrons. The van der Waals surface area contributed by atoms with Gasteiger partial charge in [-0.15, -0.1) is 0 Å². The van der Waals surface area contributed by atoms with Crippen molar-refractivity contribution in [3.63, 3.8) is 0 Å². The Kier molecular flexibility index (Phi) is 2.21. The number of aliphatic hydroxyl groups is 1. The van der Waals surface area contributed by atoms with Crippen molar-refractivity contribution in [1.29, 1.82) is 0 Å². The van der Waals surface area contributed by atoms with Crippen molar-refractivity contribution in [2.24, 2.45) is 5.92 Å². The summed E-state index contributed by atoms with van der Waals surface area (Å²) in [6.07, 6.45) is 0.105. The van der Waals surface area contributed by atoms with Crippen molar-refractivity contribution in [2.45, 2.75) is 51.3 Å². The molecule has 1 heterocycles. The number of rotatable bonds is 1. The maximum absolute atomic E-state index is 9.80. The first-order valence-electron chi connectivity index (χ1n) is 5.10. The average molecular weight is 198 g/mol. The van der Waals surface area contributed by atoms with Crippen LogP contribution in [-0.4, -0.2) is 29.2 Å². The van der Waals surface area contributed by atoms with E-state index in [1.807, 2.05) is 20.8 Å². The molecule has 1 N–H and O–H groups in total. The van der Waals surface area contributed by atoms with Crippen molar-refractivity contribution in [2.75, 3.05) is 0 Å². The molecule has 1 aliphatic heterocycles. The Morgan fingerprint density at radius 3 is 2.50 bits per heavy atom. The molecular weight excluding hydrogens is 180 g/mol. The third kappa shape index (κ3) is 1.49. The summed E-state index contributed by atoms with van der Waals surface area (Å²) >= 11 is 0. The molecule has 14 heavy (non-hydrogen) atoms. The molecule has 2 fully saturated rings. The van der Waals surface area contributed by atoms with Crippen LogP contribution < -0.4 is 0 Å². The molecule has 0 aromatic rings. The Morgan fingerprint density at radius 2 is 1.93 bits per heavy atom. The van der Waals surface area contributed by atoms with Crippen molar-refractivity contribution < 1.29 is 14.6 Å². The first kappa shape index (κ1) is 10.1. The molecule has 1 saturated carbocycles. The van der Waals surface area contributed by atoms with Gasteiger partial charge in [0.15, 0.2) is 5.79 Å². The Morgan fingerprint density at radius 1 is 1.36 bits per heavy atom. The Labute approximate surface area is 84.7 Å². The van der Waals surface area contributed by atoms with Crippen LogP contribution >= 0.6 is 0 Å². The lowest BCUT2D eigenvalue weighted by Crippen LogP contribution is -2.28. The van der Waals surface area contributed by atoms with Gasteiger partial charge < -0.3 is 14.6 Å². The lowest BCUT2D eigenvalue weighted by molar-refractivity contribution is -0.165. The van der Waals surface area contributed by atoms with Gasteiger partial charge in [-0.25, -0.2) is 0 Å². The van der Waals surface area contributed by atoms with E-state index in [-0.39, 0.29) is 18.1 Å². The molecule has 0 amide bonds. The van der Waals surface area contributed by atoms with Crippen LogP contribution in [-0.2, 0) is 9.47 Å². The lowest BCUT2D eigenvalue weighted by atomic mass is 9.98. The third-order valence-electron chi connectivity index (χ3n) is 3.07. The fourth-order valence-corrected chi connectivity index (χ4v) is 2.44. The highest BCUT2D eigenvalue weighted by Crippen LogP contribution is 2.43. The molecule has 2 rings (SSSR count). The molecule has 3 nitrogen and oxygen atoms in total. The molecule has 80 valence electrons. The van der Waals surface area contributed by atoms with E-state index >= 15 is 0 Å². The van der Waals surface area contributed by atoms with Gasteiger partial charge in [0.1, 0.15) is 6.10 Å². The predicted molar refractivity (Wildman–Crippen MR) is 52.8 cm³/mol. The van der Waals surface area contributed by atoms with Crippen molar-refractivity contribution in [1.82, 2.24) is 0 Å². The molecule has 1 saturated heterocycles. The van der Waals surface area contributed by atoms with Crippen molar-refractivity contribution >= 4 is 0 Å². The van der Waals surface area contributed by atoms with Crippen LogP contribution in [0, 0.1) is 5.92 Å². The number of ether oxygens (including phenoxy) is 2. The Balaban J connectivity index is 2.19. The molecule has 0 bridgehead atoms. The summed E-state index contributed by atoms with van der Waals surface area (Å²) in [5, 5.41) is 9.80. The number of hydrogen-bond acceptors (Lipinski definition) is 3. The average Bonchev–Trinajstić information content (AvgIpc) is 2.47. The van der Waals surface area contributed by atoms with E-state index in [0.29, 0.717) is 6.42 Å². The highest BCUT2D eigenvalue weighted by molar-refractivity contribution is 5.10. The van der Waals surface area contributed by atoms with E-state index in [2.05, 4.69) is 6.58 Å². The summed E-state index contributed by atoms with van der Waals surface area (Å²) in [5.41, 5.74) is 1.07. The van der Waals surface area contributed by atoms with E-state index in [1.165, 1.54) is 0 Å². The van der Waals surface area contributed by atoms with Gasteiger partial charge in [-0.1, -0.05) is 12.2 Å². The highest BCUT2D eigenvalue weighted by atomic mass is 16.8. The number of fused-ring (bicyclic) bond motifs is 1. The summed E-state index contributed by atoms with van der Waals surface area (Å²) < 4.78 is 11.4. The minimum atomic E-state index is -0.565. The second-order valence-electron chi connectivity index (χ2n) is 4.82. The number of hydrogen-bond donors (Lipinski definition) is 1. The molecule has 0 aromatic carbocycles.